The highest BCUT2D eigenvalue weighted by molar-refractivity contribution is 7.92. The van der Waals surface area contributed by atoms with Crippen LogP contribution in [0.3, 0.4) is 0 Å². The average molecular weight is 516 g/mol. The normalized spacial score (nSPS) is 10.9. The molecule has 0 aliphatic rings. The van der Waals surface area contributed by atoms with E-state index in [9.17, 15) is 18.0 Å². The monoisotopic (exact) mass is 515 g/mol. The van der Waals surface area contributed by atoms with Crippen molar-refractivity contribution >= 4 is 33.2 Å². The van der Waals surface area contributed by atoms with Crippen LogP contribution in [0.5, 0.6) is 5.75 Å². The van der Waals surface area contributed by atoms with Crippen molar-refractivity contribution < 1.29 is 22.7 Å². The van der Waals surface area contributed by atoms with E-state index in [1.807, 2.05) is 30.3 Å². The average Bonchev–Trinajstić information content (AvgIpc) is 2.92. The van der Waals surface area contributed by atoms with Gasteiger partial charge < -0.3 is 15.8 Å². The second-order valence-electron chi connectivity index (χ2n) is 8.09. The van der Waals surface area contributed by atoms with Gasteiger partial charge in [0.2, 0.25) is 5.91 Å². The summed E-state index contributed by atoms with van der Waals surface area (Å²) in [6, 6.07) is 27.8. The van der Waals surface area contributed by atoms with Crippen molar-refractivity contribution in [2.45, 2.75) is 11.4 Å². The first-order valence-corrected chi connectivity index (χ1v) is 12.7. The summed E-state index contributed by atoms with van der Waals surface area (Å²) in [6.07, 6.45) is 0. The number of benzene rings is 4. The van der Waals surface area contributed by atoms with Crippen molar-refractivity contribution in [1.82, 2.24) is 0 Å². The molecule has 3 N–H and O–H groups in total. The standard InChI is InChI=1S/C28H25N3O5S/c1-36-23-15-17-24(18-16-23)37(34,35)31(19-20-7-3-2-4-8-20)26-10-6-5-9-25(26)28(33)30-22-13-11-21(12-14-22)27(29)32/h2-18H,19H2,1H3,(H2,29,32)(H,30,33). The van der Waals surface area contributed by atoms with Crippen LogP contribution in [0.4, 0.5) is 11.4 Å². The fourth-order valence-electron chi connectivity index (χ4n) is 3.72. The number of methoxy groups -OCH3 is 1. The van der Waals surface area contributed by atoms with Gasteiger partial charge in [-0.2, -0.15) is 0 Å². The third-order valence-electron chi connectivity index (χ3n) is 5.66. The quantitative estimate of drug-likeness (QED) is 0.342. The van der Waals surface area contributed by atoms with Gasteiger partial charge in [0.1, 0.15) is 5.75 Å². The maximum absolute atomic E-state index is 13.9. The third-order valence-corrected chi connectivity index (χ3v) is 7.44. The number of ether oxygens (including phenoxy) is 1. The zero-order valence-electron chi connectivity index (χ0n) is 20.0. The molecule has 4 aromatic carbocycles. The largest absolute Gasteiger partial charge is 0.497 e. The number of nitrogens with zero attached hydrogens (tertiary/aromatic N) is 1. The van der Waals surface area contributed by atoms with E-state index in [2.05, 4.69) is 5.32 Å². The van der Waals surface area contributed by atoms with Gasteiger partial charge in [-0.3, -0.25) is 13.9 Å². The lowest BCUT2D eigenvalue weighted by Crippen LogP contribution is -2.32. The molecule has 0 heterocycles. The van der Waals surface area contributed by atoms with Crippen LogP contribution < -0.4 is 20.1 Å². The van der Waals surface area contributed by atoms with Crippen molar-refractivity contribution in [1.29, 1.82) is 0 Å². The minimum absolute atomic E-state index is 0.00675. The molecule has 0 spiro atoms. The van der Waals surface area contributed by atoms with E-state index in [0.29, 0.717) is 17.0 Å². The Morgan fingerprint density at radius 3 is 2.08 bits per heavy atom. The second kappa shape index (κ2) is 11.0. The van der Waals surface area contributed by atoms with Crippen LogP contribution in [-0.2, 0) is 16.6 Å². The van der Waals surface area contributed by atoms with E-state index in [1.165, 1.54) is 35.7 Å². The van der Waals surface area contributed by atoms with Crippen molar-refractivity contribution in [2.24, 2.45) is 5.73 Å². The van der Waals surface area contributed by atoms with E-state index >= 15 is 0 Å². The van der Waals surface area contributed by atoms with E-state index < -0.39 is 21.8 Å². The van der Waals surface area contributed by atoms with Gasteiger partial charge in [-0.05, 0) is 66.2 Å². The molecule has 0 radical (unpaired) electrons. The highest BCUT2D eigenvalue weighted by Gasteiger charge is 2.28. The van der Waals surface area contributed by atoms with E-state index in [4.69, 9.17) is 10.5 Å². The van der Waals surface area contributed by atoms with Gasteiger partial charge in [-0.15, -0.1) is 0 Å². The Bertz CT molecular complexity index is 1500. The van der Waals surface area contributed by atoms with E-state index in [1.54, 1.807) is 48.5 Å². The Labute approximate surface area is 215 Å². The summed E-state index contributed by atoms with van der Waals surface area (Å²) in [4.78, 5) is 24.7. The third kappa shape index (κ3) is 5.79. The minimum Gasteiger partial charge on any atom is -0.497 e. The molecule has 0 aliphatic heterocycles. The van der Waals surface area contributed by atoms with Crippen LogP contribution in [0.2, 0.25) is 0 Å². The van der Waals surface area contributed by atoms with Crippen molar-refractivity contribution in [2.75, 3.05) is 16.7 Å². The van der Waals surface area contributed by atoms with Gasteiger partial charge in [-0.25, -0.2) is 8.42 Å². The lowest BCUT2D eigenvalue weighted by atomic mass is 10.1. The molecule has 0 aliphatic carbocycles. The second-order valence-corrected chi connectivity index (χ2v) is 9.95. The molecule has 8 nitrogen and oxygen atoms in total. The van der Waals surface area contributed by atoms with Crippen LogP contribution >= 0.6 is 0 Å². The predicted molar refractivity (Wildman–Crippen MR) is 142 cm³/mol. The number of carbonyl (C=O) groups is 2. The number of amides is 2. The summed E-state index contributed by atoms with van der Waals surface area (Å²) >= 11 is 0. The van der Waals surface area contributed by atoms with Gasteiger partial charge in [0.05, 0.1) is 29.8 Å². The Kier molecular flexibility index (Phi) is 7.55. The number of primary amides is 1. The van der Waals surface area contributed by atoms with Gasteiger partial charge in [0, 0.05) is 11.3 Å². The van der Waals surface area contributed by atoms with Crippen molar-refractivity contribution in [3.05, 3.63) is 120 Å². The molecular formula is C28H25N3O5S. The molecule has 37 heavy (non-hydrogen) atoms. The van der Waals surface area contributed by atoms with Crippen LogP contribution in [0.1, 0.15) is 26.3 Å². The SMILES string of the molecule is COc1ccc(S(=O)(=O)N(Cc2ccccc2)c2ccccc2C(=O)Nc2ccc(C(N)=O)cc2)cc1. The van der Waals surface area contributed by atoms with E-state index in [-0.39, 0.29) is 22.7 Å². The Morgan fingerprint density at radius 2 is 1.46 bits per heavy atom. The van der Waals surface area contributed by atoms with Crippen LogP contribution in [0, 0.1) is 0 Å². The summed E-state index contributed by atoms with van der Waals surface area (Å²) in [5, 5.41) is 2.76. The summed E-state index contributed by atoms with van der Waals surface area (Å²) in [5.74, 6) is -0.565. The molecule has 4 rings (SSSR count). The minimum atomic E-state index is -4.07. The maximum Gasteiger partial charge on any atom is 0.264 e. The van der Waals surface area contributed by atoms with Gasteiger partial charge in [0.25, 0.3) is 15.9 Å². The number of hydrogen-bond acceptors (Lipinski definition) is 5. The number of hydrogen-bond donors (Lipinski definition) is 2. The number of sulfonamides is 1. The fraction of sp³-hybridized carbons (Fsp3) is 0.0714. The zero-order chi connectivity index (χ0) is 26.4. The number of nitrogens with two attached hydrogens (primary N) is 1. The summed E-state index contributed by atoms with van der Waals surface area (Å²) in [5.41, 5.74) is 7.14. The topological polar surface area (TPSA) is 119 Å². The molecule has 0 saturated carbocycles. The Balaban J connectivity index is 1.74. The molecule has 188 valence electrons. The molecule has 0 unspecified atom stereocenters. The number of para-hydroxylation sites is 1. The first-order valence-electron chi connectivity index (χ1n) is 11.3. The molecule has 2 amide bonds. The molecule has 0 fully saturated rings. The van der Waals surface area contributed by atoms with Crippen LogP contribution in [0.25, 0.3) is 0 Å². The molecule has 0 saturated heterocycles. The Hall–Kier alpha value is -4.63. The number of anilines is 2. The van der Waals surface area contributed by atoms with E-state index in [0.717, 1.165) is 5.56 Å². The molecular weight excluding hydrogens is 490 g/mol. The number of carbonyl (C=O) groups excluding carboxylic acids is 2. The first kappa shape index (κ1) is 25.5. The molecule has 0 aromatic heterocycles. The zero-order valence-corrected chi connectivity index (χ0v) is 20.8. The molecule has 0 bridgehead atoms. The summed E-state index contributed by atoms with van der Waals surface area (Å²) < 4.78 is 34.1. The smallest absolute Gasteiger partial charge is 0.264 e. The highest BCUT2D eigenvalue weighted by atomic mass is 32.2. The van der Waals surface area contributed by atoms with Crippen molar-refractivity contribution in [3.63, 3.8) is 0 Å². The van der Waals surface area contributed by atoms with Gasteiger partial charge >= 0.3 is 0 Å². The summed E-state index contributed by atoms with van der Waals surface area (Å²) in [7, 11) is -2.57. The van der Waals surface area contributed by atoms with Crippen LogP contribution in [-0.4, -0.2) is 27.3 Å². The van der Waals surface area contributed by atoms with Crippen LogP contribution in [0.15, 0.2) is 108 Å². The van der Waals surface area contributed by atoms with Gasteiger partial charge in [0.15, 0.2) is 0 Å². The molecule has 9 heteroatoms. The number of rotatable bonds is 9. The first-order chi connectivity index (χ1) is 17.8. The van der Waals surface area contributed by atoms with Crippen molar-refractivity contribution in [3.8, 4) is 5.75 Å². The molecule has 4 aromatic rings. The van der Waals surface area contributed by atoms with Gasteiger partial charge in [-0.1, -0.05) is 42.5 Å². The number of nitrogens with one attached hydrogen (secondary N) is 1. The fourth-order valence-corrected chi connectivity index (χ4v) is 5.19. The lowest BCUT2D eigenvalue weighted by molar-refractivity contribution is 0.0998. The molecule has 0 atom stereocenters. The highest BCUT2D eigenvalue weighted by Crippen LogP contribution is 2.30. The summed E-state index contributed by atoms with van der Waals surface area (Å²) in [6.45, 7) is 0.00675. The maximum atomic E-state index is 13.9. The Morgan fingerprint density at radius 1 is 0.838 bits per heavy atom. The predicted octanol–water partition coefficient (Wildman–Crippen LogP) is 4.44. The lowest BCUT2D eigenvalue weighted by Gasteiger charge is -2.26.